The van der Waals surface area contributed by atoms with Crippen molar-refractivity contribution in [2.24, 2.45) is 12.5 Å². The summed E-state index contributed by atoms with van der Waals surface area (Å²) >= 11 is 0. The van der Waals surface area contributed by atoms with Gasteiger partial charge in [0.15, 0.2) is 0 Å². The normalized spacial score (nSPS) is 22.0. The fourth-order valence-corrected chi connectivity index (χ4v) is 2.60. The molecule has 4 nitrogen and oxygen atoms in total. The van der Waals surface area contributed by atoms with Crippen molar-refractivity contribution >= 4 is 5.91 Å². The van der Waals surface area contributed by atoms with Crippen molar-refractivity contribution in [3.05, 3.63) is 17.5 Å². The average molecular weight is 235 g/mol. The van der Waals surface area contributed by atoms with Crippen LogP contribution in [0.25, 0.3) is 0 Å². The first-order chi connectivity index (χ1) is 7.93. The minimum Gasteiger partial charge on any atom is -0.349 e. The van der Waals surface area contributed by atoms with Gasteiger partial charge in [-0.15, -0.1) is 0 Å². The number of aromatic nitrogens is 2. The van der Waals surface area contributed by atoms with Crippen LogP contribution in [0.4, 0.5) is 0 Å². The fourth-order valence-electron chi connectivity index (χ4n) is 2.60. The molecule has 1 atom stereocenters. The van der Waals surface area contributed by atoms with Gasteiger partial charge in [-0.1, -0.05) is 20.8 Å². The Hall–Kier alpha value is -1.32. The van der Waals surface area contributed by atoms with E-state index in [1.54, 1.807) is 0 Å². The first-order valence-corrected chi connectivity index (χ1v) is 6.23. The van der Waals surface area contributed by atoms with Crippen LogP contribution in [0.3, 0.4) is 0 Å². The minimum absolute atomic E-state index is 0.113. The molecule has 0 spiro atoms. The van der Waals surface area contributed by atoms with E-state index in [9.17, 15) is 4.79 Å². The molecule has 0 radical (unpaired) electrons. The van der Waals surface area contributed by atoms with E-state index in [0.29, 0.717) is 6.42 Å². The van der Waals surface area contributed by atoms with Gasteiger partial charge < -0.3 is 5.32 Å². The lowest BCUT2D eigenvalue weighted by atomic mass is 9.74. The van der Waals surface area contributed by atoms with Crippen LogP contribution in [0.2, 0.25) is 0 Å². The van der Waals surface area contributed by atoms with Crippen molar-refractivity contribution in [2.45, 2.75) is 46.1 Å². The third-order valence-electron chi connectivity index (χ3n) is 3.53. The summed E-state index contributed by atoms with van der Waals surface area (Å²) in [5, 5.41) is 7.41. The maximum atomic E-state index is 11.6. The summed E-state index contributed by atoms with van der Waals surface area (Å²) in [6.45, 7) is 6.37. The van der Waals surface area contributed by atoms with Gasteiger partial charge in [-0.25, -0.2) is 0 Å². The van der Waals surface area contributed by atoms with E-state index in [1.807, 2.05) is 24.9 Å². The summed E-state index contributed by atoms with van der Waals surface area (Å²) in [7, 11) is 1.97. The van der Waals surface area contributed by atoms with Crippen LogP contribution in [-0.4, -0.2) is 15.7 Å². The number of nitrogens with one attached hydrogen (secondary N) is 1. The molecule has 0 saturated carbocycles. The number of nitrogens with zero attached hydrogens (tertiary/aromatic N) is 2. The summed E-state index contributed by atoms with van der Waals surface area (Å²) in [6.07, 6.45) is 4.44. The number of amides is 1. The average Bonchev–Trinajstić information content (AvgIpc) is 2.59. The molecule has 0 bridgehead atoms. The predicted octanol–water partition coefficient (Wildman–Crippen LogP) is 1.96. The summed E-state index contributed by atoms with van der Waals surface area (Å²) < 4.78 is 1.93. The number of fused-ring (bicyclic) bond motifs is 1. The second-order valence-electron chi connectivity index (χ2n) is 5.69. The zero-order chi connectivity index (χ0) is 12.6. The Morgan fingerprint density at radius 2 is 2.35 bits per heavy atom. The van der Waals surface area contributed by atoms with E-state index in [-0.39, 0.29) is 17.4 Å². The van der Waals surface area contributed by atoms with Crippen molar-refractivity contribution in [2.75, 3.05) is 0 Å². The van der Waals surface area contributed by atoms with Crippen LogP contribution >= 0.6 is 0 Å². The highest BCUT2D eigenvalue weighted by atomic mass is 16.1. The first kappa shape index (κ1) is 12.1. The Morgan fingerprint density at radius 3 is 3.00 bits per heavy atom. The van der Waals surface area contributed by atoms with Gasteiger partial charge in [0.1, 0.15) is 0 Å². The molecule has 0 saturated heterocycles. The van der Waals surface area contributed by atoms with Crippen LogP contribution in [0.15, 0.2) is 6.20 Å². The number of hydrogen-bond donors (Lipinski definition) is 1. The molecule has 17 heavy (non-hydrogen) atoms. The molecular weight excluding hydrogens is 214 g/mol. The maximum Gasteiger partial charge on any atom is 0.220 e. The third-order valence-corrected chi connectivity index (χ3v) is 3.53. The van der Waals surface area contributed by atoms with Crippen LogP contribution in [0.5, 0.6) is 0 Å². The van der Waals surface area contributed by atoms with E-state index in [2.05, 4.69) is 24.3 Å². The predicted molar refractivity (Wildman–Crippen MR) is 66.5 cm³/mol. The largest absolute Gasteiger partial charge is 0.349 e. The van der Waals surface area contributed by atoms with E-state index < -0.39 is 0 Å². The Labute approximate surface area is 102 Å². The summed E-state index contributed by atoms with van der Waals surface area (Å²) in [4.78, 5) is 11.6. The highest BCUT2D eigenvalue weighted by Gasteiger charge is 2.34. The molecule has 1 aliphatic carbocycles. The molecule has 94 valence electrons. The molecule has 0 aromatic carbocycles. The van der Waals surface area contributed by atoms with Gasteiger partial charge in [0, 0.05) is 24.7 Å². The van der Waals surface area contributed by atoms with Crippen LogP contribution in [0, 0.1) is 5.41 Å². The van der Waals surface area contributed by atoms with Crippen LogP contribution in [-0.2, 0) is 18.3 Å². The third kappa shape index (κ3) is 2.35. The molecule has 1 N–H and O–H groups in total. The Morgan fingerprint density at radius 1 is 1.65 bits per heavy atom. The second kappa shape index (κ2) is 4.17. The van der Waals surface area contributed by atoms with E-state index in [1.165, 1.54) is 11.3 Å². The first-order valence-electron chi connectivity index (χ1n) is 6.23. The molecule has 0 fully saturated rings. The molecule has 1 unspecified atom stereocenters. The molecule has 1 heterocycles. The minimum atomic E-state index is 0.113. The molecule has 0 aliphatic heterocycles. The maximum absolute atomic E-state index is 11.6. The monoisotopic (exact) mass is 235 g/mol. The SMILES string of the molecule is CCC(=O)NC1CC(C)(C)Cc2c1cnn2C. The van der Waals surface area contributed by atoms with Crippen molar-refractivity contribution in [1.82, 2.24) is 15.1 Å². The number of rotatable bonds is 2. The van der Waals surface area contributed by atoms with E-state index in [4.69, 9.17) is 0 Å². The topological polar surface area (TPSA) is 46.9 Å². The quantitative estimate of drug-likeness (QED) is 0.851. The van der Waals surface area contributed by atoms with E-state index in [0.717, 1.165) is 12.8 Å². The lowest BCUT2D eigenvalue weighted by molar-refractivity contribution is -0.121. The zero-order valence-electron chi connectivity index (χ0n) is 11.1. The summed E-state index contributed by atoms with van der Waals surface area (Å²) in [5.74, 6) is 0.113. The smallest absolute Gasteiger partial charge is 0.220 e. The van der Waals surface area contributed by atoms with Gasteiger partial charge in [-0.3, -0.25) is 9.48 Å². The van der Waals surface area contributed by atoms with Gasteiger partial charge in [-0.2, -0.15) is 5.10 Å². The number of hydrogen-bond acceptors (Lipinski definition) is 2. The summed E-state index contributed by atoms with van der Waals surface area (Å²) in [5.41, 5.74) is 2.66. The lowest BCUT2D eigenvalue weighted by Crippen LogP contribution is -2.36. The molecule has 1 amide bonds. The molecule has 4 heteroatoms. The second-order valence-corrected chi connectivity index (χ2v) is 5.69. The highest BCUT2D eigenvalue weighted by molar-refractivity contribution is 5.76. The Kier molecular flexibility index (Phi) is 2.98. The summed E-state index contributed by atoms with van der Waals surface area (Å²) in [6, 6.07) is 0.120. The van der Waals surface area contributed by atoms with Gasteiger partial charge >= 0.3 is 0 Å². The van der Waals surface area contributed by atoms with Crippen LogP contribution in [0.1, 0.15) is 50.9 Å². The standard InChI is InChI=1S/C13H21N3O/c1-5-12(17)15-10-6-13(2,3)7-11-9(10)8-14-16(11)4/h8,10H,5-7H2,1-4H3,(H,15,17). The molecule has 2 rings (SSSR count). The zero-order valence-corrected chi connectivity index (χ0v) is 11.1. The van der Waals surface area contributed by atoms with Crippen molar-refractivity contribution in [3.8, 4) is 0 Å². The Balaban J connectivity index is 2.30. The molecule has 1 aromatic heterocycles. The van der Waals surface area contributed by atoms with Gasteiger partial charge in [0.2, 0.25) is 5.91 Å². The van der Waals surface area contributed by atoms with Crippen molar-refractivity contribution in [1.29, 1.82) is 0 Å². The van der Waals surface area contributed by atoms with Crippen LogP contribution < -0.4 is 5.32 Å². The van der Waals surface area contributed by atoms with Gasteiger partial charge in [0.05, 0.1) is 12.2 Å². The Bertz CT molecular complexity index is 434. The number of carbonyl (C=O) groups excluding carboxylic acids is 1. The highest BCUT2D eigenvalue weighted by Crippen LogP contribution is 2.40. The number of aryl methyl sites for hydroxylation is 1. The van der Waals surface area contributed by atoms with Gasteiger partial charge in [-0.05, 0) is 18.3 Å². The molecular formula is C13H21N3O. The lowest BCUT2D eigenvalue weighted by Gasteiger charge is -2.35. The molecule has 1 aromatic rings. The number of carbonyl (C=O) groups is 1. The fraction of sp³-hybridized carbons (Fsp3) is 0.692. The van der Waals surface area contributed by atoms with Crippen molar-refractivity contribution < 1.29 is 4.79 Å². The van der Waals surface area contributed by atoms with Gasteiger partial charge in [0.25, 0.3) is 0 Å². The van der Waals surface area contributed by atoms with E-state index >= 15 is 0 Å². The van der Waals surface area contributed by atoms with Crippen molar-refractivity contribution in [3.63, 3.8) is 0 Å². The molecule has 1 aliphatic rings.